The number of benzene rings is 1. The van der Waals surface area contributed by atoms with Crippen molar-refractivity contribution in [3.8, 4) is 0 Å². The first kappa shape index (κ1) is 30.2. The first-order valence-electron chi connectivity index (χ1n) is 13.5. The third kappa shape index (κ3) is 6.23. The highest BCUT2D eigenvalue weighted by Gasteiger charge is 2.71. The highest BCUT2D eigenvalue weighted by molar-refractivity contribution is 7.92. The Morgan fingerprint density at radius 1 is 1.10 bits per heavy atom. The van der Waals surface area contributed by atoms with Gasteiger partial charge in [-0.15, -0.1) is 0 Å². The van der Waals surface area contributed by atoms with Crippen molar-refractivity contribution in [1.29, 1.82) is 0 Å². The molecule has 2 atom stereocenters. The van der Waals surface area contributed by atoms with Crippen LogP contribution in [-0.2, 0) is 10.0 Å². The normalized spacial score (nSPS) is 23.7. The van der Waals surface area contributed by atoms with Crippen molar-refractivity contribution in [2.45, 2.75) is 44.7 Å². The summed E-state index contributed by atoms with van der Waals surface area (Å²) in [7, 11) is -3.91. The summed E-state index contributed by atoms with van der Waals surface area (Å²) in [5.41, 5.74) is -0.853. The summed E-state index contributed by atoms with van der Waals surface area (Å²) in [5, 5.41) is 11.7. The lowest BCUT2D eigenvalue weighted by molar-refractivity contribution is -0.195. The molecule has 10 nitrogen and oxygen atoms in total. The largest absolute Gasteiger partial charge is 0.395 e. The molecule has 230 valence electrons. The van der Waals surface area contributed by atoms with Crippen molar-refractivity contribution in [3.63, 3.8) is 0 Å². The van der Waals surface area contributed by atoms with Crippen LogP contribution in [0.15, 0.2) is 24.3 Å². The van der Waals surface area contributed by atoms with Crippen LogP contribution in [0.25, 0.3) is 0 Å². The lowest BCUT2D eigenvalue weighted by atomic mass is 9.93. The van der Waals surface area contributed by atoms with Gasteiger partial charge in [0.05, 0.1) is 34.7 Å². The van der Waals surface area contributed by atoms with E-state index in [9.17, 15) is 35.2 Å². The summed E-state index contributed by atoms with van der Waals surface area (Å²) in [6, 6.07) is 5.60. The highest BCUT2D eigenvalue weighted by Crippen LogP contribution is 2.66. The lowest BCUT2D eigenvalue weighted by Gasteiger charge is -2.35. The number of halogens is 5. The van der Waals surface area contributed by atoms with Gasteiger partial charge in [-0.3, -0.25) is 9.52 Å². The molecular formula is C26H31F5N6O4S. The molecule has 2 aromatic rings. The number of hydrogen-bond donors (Lipinski definition) is 3. The molecule has 1 aromatic heterocycles. The number of sulfonamides is 1. The minimum absolute atomic E-state index is 0.000505. The summed E-state index contributed by atoms with van der Waals surface area (Å²) in [6.45, 7) is 1.15. The SMILES string of the molecule is Cc1cc(NC(=O)c2ccc(NS(=O)(=O)CCO)cc2N2CC[C@]3(C(F)(F)F)C[C@@H]3C2)nc(N2CCC(F)(F)CC2)n1. The van der Waals surface area contributed by atoms with E-state index in [0.717, 1.165) is 0 Å². The van der Waals surface area contributed by atoms with Gasteiger partial charge >= 0.3 is 6.18 Å². The van der Waals surface area contributed by atoms with Gasteiger partial charge in [0.25, 0.3) is 11.8 Å². The number of nitrogens with one attached hydrogen (secondary N) is 2. The fourth-order valence-electron chi connectivity index (χ4n) is 5.70. The average Bonchev–Trinajstić information content (AvgIpc) is 3.64. The van der Waals surface area contributed by atoms with Crippen LogP contribution in [0.3, 0.4) is 0 Å². The second kappa shape index (κ2) is 10.8. The van der Waals surface area contributed by atoms with Gasteiger partial charge in [0.2, 0.25) is 16.0 Å². The van der Waals surface area contributed by atoms with Crippen LogP contribution in [-0.4, -0.2) is 80.0 Å². The van der Waals surface area contributed by atoms with Crippen molar-refractivity contribution in [2.75, 3.05) is 58.4 Å². The molecule has 0 unspecified atom stereocenters. The van der Waals surface area contributed by atoms with E-state index in [4.69, 9.17) is 5.11 Å². The number of piperidine rings is 2. The van der Waals surface area contributed by atoms with Gasteiger partial charge in [0.1, 0.15) is 5.82 Å². The van der Waals surface area contributed by atoms with Crippen molar-refractivity contribution in [3.05, 3.63) is 35.5 Å². The topological polar surface area (TPSA) is 128 Å². The standard InChI is InChI=1S/C26H31F5N6O4S/c1-16-12-21(34-23(32-16)36-8-5-25(27,28)6-9-36)33-22(39)19-3-2-18(35-42(40,41)11-10-38)13-20(19)37-7-4-24(26(29,30)31)14-17(24)15-37/h2-3,12-13,17,35,38H,4-11,14-15H2,1H3,(H,32,33,34,39)/t17-,24+/m1/s1. The van der Waals surface area contributed by atoms with Crippen LogP contribution in [0.5, 0.6) is 0 Å². The molecule has 16 heteroatoms. The maximum atomic E-state index is 13.7. The van der Waals surface area contributed by atoms with Gasteiger partial charge in [0.15, 0.2) is 0 Å². The van der Waals surface area contributed by atoms with Gasteiger partial charge in [-0.2, -0.15) is 18.2 Å². The molecule has 3 heterocycles. The van der Waals surface area contributed by atoms with E-state index >= 15 is 0 Å². The molecular weight excluding hydrogens is 587 g/mol. The number of fused-ring (bicyclic) bond motifs is 1. The van der Waals surface area contributed by atoms with Gasteiger partial charge in [0, 0.05) is 50.8 Å². The number of hydrogen-bond acceptors (Lipinski definition) is 8. The predicted octanol–water partition coefficient (Wildman–Crippen LogP) is 3.79. The first-order chi connectivity index (χ1) is 19.6. The van der Waals surface area contributed by atoms with Crippen molar-refractivity contribution >= 4 is 39.1 Å². The average molecular weight is 619 g/mol. The summed E-state index contributed by atoms with van der Waals surface area (Å²) in [6.07, 6.45) is -5.21. The zero-order valence-corrected chi connectivity index (χ0v) is 23.5. The second-order valence-electron chi connectivity index (χ2n) is 11.1. The van der Waals surface area contributed by atoms with E-state index < -0.39 is 51.7 Å². The molecule has 0 radical (unpaired) electrons. The fraction of sp³-hybridized carbons (Fsp3) is 0.577. The molecule has 1 aliphatic carbocycles. The molecule has 3 aliphatic rings. The minimum Gasteiger partial charge on any atom is -0.395 e. The number of alkyl halides is 5. The van der Waals surface area contributed by atoms with Crippen molar-refractivity contribution in [2.24, 2.45) is 11.3 Å². The maximum absolute atomic E-state index is 13.7. The summed E-state index contributed by atoms with van der Waals surface area (Å²) in [5.74, 6) is -4.33. The van der Waals surface area contributed by atoms with E-state index in [1.54, 1.807) is 16.7 Å². The Hall–Kier alpha value is -3.27. The molecule has 0 bridgehead atoms. The molecule has 0 spiro atoms. The molecule has 1 amide bonds. The zero-order chi connectivity index (χ0) is 30.5. The maximum Gasteiger partial charge on any atom is 0.394 e. The molecule has 3 N–H and O–H groups in total. The Labute approximate surface area is 239 Å². The molecule has 2 saturated heterocycles. The van der Waals surface area contributed by atoms with Crippen molar-refractivity contribution < 1.29 is 40.3 Å². The molecule has 42 heavy (non-hydrogen) atoms. The highest BCUT2D eigenvalue weighted by atomic mass is 32.2. The number of nitrogens with zero attached hydrogens (tertiary/aromatic N) is 4. The Kier molecular flexibility index (Phi) is 7.75. The Balaban J connectivity index is 1.41. The van der Waals surface area contributed by atoms with E-state index in [1.165, 1.54) is 24.3 Å². The number of carbonyl (C=O) groups is 1. The quantitative estimate of drug-likeness (QED) is 0.382. The third-order valence-electron chi connectivity index (χ3n) is 8.14. The van der Waals surface area contributed by atoms with Crippen LogP contribution in [0.4, 0.5) is 45.1 Å². The Bertz CT molecular complexity index is 1460. The second-order valence-corrected chi connectivity index (χ2v) is 13.0. The predicted molar refractivity (Wildman–Crippen MR) is 145 cm³/mol. The van der Waals surface area contributed by atoms with Gasteiger partial charge in [-0.1, -0.05) is 0 Å². The molecule has 2 aliphatic heterocycles. The molecule has 1 aromatic carbocycles. The fourth-order valence-corrected chi connectivity index (χ4v) is 6.53. The molecule has 1 saturated carbocycles. The Morgan fingerprint density at radius 3 is 2.43 bits per heavy atom. The van der Waals surface area contributed by atoms with Crippen LogP contribution < -0.4 is 19.8 Å². The number of aryl methyl sites for hydroxylation is 1. The molecule has 3 fully saturated rings. The monoisotopic (exact) mass is 618 g/mol. The molecule has 5 rings (SSSR count). The summed E-state index contributed by atoms with van der Waals surface area (Å²) < 4.78 is 95.1. The number of aliphatic hydroxyl groups is 1. The summed E-state index contributed by atoms with van der Waals surface area (Å²) >= 11 is 0. The number of aromatic nitrogens is 2. The number of anilines is 4. The van der Waals surface area contributed by atoms with Crippen molar-refractivity contribution in [1.82, 2.24) is 9.97 Å². The van der Waals surface area contributed by atoms with Gasteiger partial charge in [-0.25, -0.2) is 22.2 Å². The number of carbonyl (C=O) groups excluding carboxylic acids is 1. The number of amides is 1. The van der Waals surface area contributed by atoms with Crippen LogP contribution in [0.1, 0.15) is 41.7 Å². The van der Waals surface area contributed by atoms with Crippen LogP contribution in [0, 0.1) is 18.3 Å². The minimum atomic E-state index is -4.33. The zero-order valence-electron chi connectivity index (χ0n) is 22.7. The number of rotatable bonds is 8. The van der Waals surface area contributed by atoms with Crippen LogP contribution in [0.2, 0.25) is 0 Å². The first-order valence-corrected chi connectivity index (χ1v) is 15.1. The smallest absolute Gasteiger partial charge is 0.394 e. The lowest BCUT2D eigenvalue weighted by Crippen LogP contribution is -2.41. The van der Waals surface area contributed by atoms with E-state index in [-0.39, 0.29) is 80.6 Å². The van der Waals surface area contributed by atoms with Gasteiger partial charge in [-0.05, 0) is 43.9 Å². The van der Waals surface area contributed by atoms with E-state index in [0.29, 0.717) is 5.69 Å². The summed E-state index contributed by atoms with van der Waals surface area (Å²) in [4.78, 5) is 25.4. The van der Waals surface area contributed by atoms with E-state index in [1.807, 2.05) is 0 Å². The van der Waals surface area contributed by atoms with Crippen LogP contribution >= 0.6 is 0 Å². The third-order valence-corrected chi connectivity index (χ3v) is 9.41. The van der Waals surface area contributed by atoms with E-state index in [2.05, 4.69) is 20.0 Å². The van der Waals surface area contributed by atoms with Gasteiger partial charge < -0.3 is 20.2 Å². The Morgan fingerprint density at radius 2 is 1.79 bits per heavy atom. The number of aliphatic hydroxyl groups excluding tert-OH is 1.